The molecule has 0 saturated carbocycles. The van der Waals surface area contributed by atoms with Gasteiger partial charge in [0.25, 0.3) is 5.91 Å². The van der Waals surface area contributed by atoms with E-state index in [1.807, 2.05) is 0 Å². The van der Waals surface area contributed by atoms with Gasteiger partial charge in [-0.3, -0.25) is 9.78 Å². The van der Waals surface area contributed by atoms with Crippen LogP contribution in [0, 0.1) is 0 Å². The van der Waals surface area contributed by atoms with Crippen LogP contribution in [0.2, 0.25) is 0 Å². The number of hydrogen-bond donors (Lipinski definition) is 0. The highest BCUT2D eigenvalue weighted by atomic mass is 79.9. The van der Waals surface area contributed by atoms with Crippen molar-refractivity contribution < 1.29 is 17.9 Å². The molecule has 126 valence electrons. The third kappa shape index (κ3) is 3.16. The van der Waals surface area contributed by atoms with Crippen molar-refractivity contribution in [1.29, 1.82) is 0 Å². The Morgan fingerprint density at radius 1 is 1.25 bits per heavy atom. The van der Waals surface area contributed by atoms with Gasteiger partial charge in [0.1, 0.15) is 11.0 Å². The first-order valence-electron chi connectivity index (χ1n) is 7.19. The molecule has 1 fully saturated rings. The van der Waals surface area contributed by atoms with Gasteiger partial charge in [-0.2, -0.15) is 0 Å². The molecule has 1 amide bonds. The zero-order valence-corrected chi connectivity index (χ0v) is 15.2. The maximum Gasteiger partial charge on any atom is 0.255 e. The highest BCUT2D eigenvalue weighted by Gasteiger charge is 2.40. The largest absolute Gasteiger partial charge is 0.497 e. The van der Waals surface area contributed by atoms with E-state index in [9.17, 15) is 13.2 Å². The number of ether oxygens (including phenoxy) is 1. The van der Waals surface area contributed by atoms with Crippen molar-refractivity contribution in [1.82, 2.24) is 9.88 Å². The van der Waals surface area contributed by atoms with Crippen LogP contribution in [-0.2, 0) is 9.84 Å². The van der Waals surface area contributed by atoms with Crippen molar-refractivity contribution in [3.8, 4) is 5.75 Å². The Morgan fingerprint density at radius 2 is 1.92 bits per heavy atom. The first kappa shape index (κ1) is 16.9. The molecule has 2 heterocycles. The van der Waals surface area contributed by atoms with Crippen LogP contribution in [0.15, 0.2) is 52.1 Å². The van der Waals surface area contributed by atoms with E-state index in [2.05, 4.69) is 20.9 Å². The van der Waals surface area contributed by atoms with Crippen LogP contribution in [0.25, 0.3) is 0 Å². The monoisotopic (exact) mass is 410 g/mol. The fraction of sp³-hybridized carbons (Fsp3) is 0.250. The van der Waals surface area contributed by atoms with Gasteiger partial charge in [-0.15, -0.1) is 0 Å². The number of benzene rings is 1. The number of likely N-dealkylation sites (tertiary alicyclic amines) is 1. The summed E-state index contributed by atoms with van der Waals surface area (Å²) in [6.07, 6.45) is 3.06. The molecule has 0 atom stereocenters. The molecule has 0 aliphatic carbocycles. The highest BCUT2D eigenvalue weighted by Crippen LogP contribution is 2.26. The lowest BCUT2D eigenvalue weighted by Gasteiger charge is -2.38. The molecule has 1 saturated heterocycles. The summed E-state index contributed by atoms with van der Waals surface area (Å²) in [6, 6.07) is 7.94. The Kier molecular flexibility index (Phi) is 4.60. The molecule has 1 aliphatic heterocycles. The van der Waals surface area contributed by atoms with Gasteiger partial charge in [0.15, 0.2) is 9.84 Å². The zero-order valence-electron chi connectivity index (χ0n) is 12.8. The van der Waals surface area contributed by atoms with Gasteiger partial charge in [-0.25, -0.2) is 8.42 Å². The molecule has 6 nitrogen and oxygen atoms in total. The number of sulfone groups is 1. The number of carbonyl (C=O) groups excluding carboxylic acids is 1. The minimum atomic E-state index is -3.46. The fourth-order valence-corrected chi connectivity index (χ4v) is 4.49. The molecule has 0 unspecified atom stereocenters. The summed E-state index contributed by atoms with van der Waals surface area (Å²) in [7, 11) is -1.93. The third-order valence-corrected chi connectivity index (χ3v) is 6.45. The second kappa shape index (κ2) is 6.52. The summed E-state index contributed by atoms with van der Waals surface area (Å²) < 4.78 is 30.9. The molecule has 1 aromatic heterocycles. The predicted octanol–water partition coefficient (Wildman–Crippen LogP) is 2.15. The number of amides is 1. The minimum absolute atomic E-state index is 0.180. The average molecular weight is 411 g/mol. The molecule has 0 N–H and O–H groups in total. The number of carbonyl (C=O) groups is 1. The van der Waals surface area contributed by atoms with Crippen LogP contribution in [-0.4, -0.2) is 49.7 Å². The number of rotatable bonds is 4. The van der Waals surface area contributed by atoms with Crippen molar-refractivity contribution in [2.24, 2.45) is 0 Å². The van der Waals surface area contributed by atoms with E-state index >= 15 is 0 Å². The van der Waals surface area contributed by atoms with Gasteiger partial charge in [-0.1, -0.05) is 0 Å². The smallest absolute Gasteiger partial charge is 0.255 e. The van der Waals surface area contributed by atoms with Gasteiger partial charge in [0.2, 0.25) is 0 Å². The fourth-order valence-electron chi connectivity index (χ4n) is 2.47. The van der Waals surface area contributed by atoms with E-state index in [4.69, 9.17) is 4.74 Å². The van der Waals surface area contributed by atoms with Crippen LogP contribution < -0.4 is 4.74 Å². The van der Waals surface area contributed by atoms with Crippen LogP contribution in [0.3, 0.4) is 0 Å². The average Bonchev–Trinajstić information content (AvgIpc) is 2.53. The molecule has 0 spiro atoms. The van der Waals surface area contributed by atoms with E-state index in [1.165, 1.54) is 30.3 Å². The number of aromatic nitrogens is 1. The van der Waals surface area contributed by atoms with Gasteiger partial charge in [-0.05, 0) is 46.3 Å². The molecule has 0 bridgehead atoms. The van der Waals surface area contributed by atoms with Crippen molar-refractivity contribution in [3.63, 3.8) is 0 Å². The van der Waals surface area contributed by atoms with Gasteiger partial charge < -0.3 is 9.64 Å². The molecule has 2 aromatic rings. The molecule has 1 aromatic carbocycles. The standard InChI is InChI=1S/C16H15BrN2O4S/c1-23-13-2-4-14(5-3-13)24(21,22)15-9-19(10-15)16(20)11-6-12(17)8-18-7-11/h2-8,15H,9-10H2,1H3. The highest BCUT2D eigenvalue weighted by molar-refractivity contribution is 9.10. The normalized spacial score (nSPS) is 15.0. The van der Waals surface area contributed by atoms with Crippen LogP contribution in [0.4, 0.5) is 0 Å². The lowest BCUT2D eigenvalue weighted by atomic mass is 10.1. The van der Waals surface area contributed by atoms with E-state index in [-0.39, 0.29) is 23.9 Å². The van der Waals surface area contributed by atoms with E-state index in [0.29, 0.717) is 15.8 Å². The molecular weight excluding hydrogens is 396 g/mol. The number of hydrogen-bond acceptors (Lipinski definition) is 5. The summed E-state index contributed by atoms with van der Waals surface area (Å²) in [5.74, 6) is 0.381. The van der Waals surface area contributed by atoms with E-state index in [1.54, 1.807) is 24.4 Å². The molecule has 1 aliphatic rings. The molecule has 0 radical (unpaired) electrons. The lowest BCUT2D eigenvalue weighted by Crippen LogP contribution is -2.56. The zero-order chi connectivity index (χ0) is 17.3. The summed E-state index contributed by atoms with van der Waals surface area (Å²) in [5.41, 5.74) is 0.435. The predicted molar refractivity (Wildman–Crippen MR) is 91.8 cm³/mol. The summed E-state index contributed by atoms with van der Waals surface area (Å²) in [6.45, 7) is 0.361. The Hall–Kier alpha value is -1.93. The second-order valence-corrected chi connectivity index (χ2v) is 8.59. The Morgan fingerprint density at radius 3 is 2.50 bits per heavy atom. The van der Waals surface area contributed by atoms with Crippen LogP contribution >= 0.6 is 15.9 Å². The summed E-state index contributed by atoms with van der Waals surface area (Å²) in [4.78, 5) is 18.0. The second-order valence-electron chi connectivity index (χ2n) is 5.44. The minimum Gasteiger partial charge on any atom is -0.497 e. The first-order chi connectivity index (χ1) is 11.4. The van der Waals surface area contributed by atoms with Crippen molar-refractivity contribution in [2.75, 3.05) is 20.2 Å². The van der Waals surface area contributed by atoms with E-state index in [0.717, 1.165) is 0 Å². The Labute approximate surface area is 148 Å². The molecule has 24 heavy (non-hydrogen) atoms. The number of nitrogens with zero attached hydrogens (tertiary/aromatic N) is 2. The number of methoxy groups -OCH3 is 1. The SMILES string of the molecule is COc1ccc(S(=O)(=O)C2CN(C(=O)c3cncc(Br)c3)C2)cc1. The maximum atomic E-state index is 12.6. The van der Waals surface area contributed by atoms with Crippen LogP contribution in [0.1, 0.15) is 10.4 Å². The Bertz CT molecular complexity index is 862. The third-order valence-electron chi connectivity index (χ3n) is 3.91. The van der Waals surface area contributed by atoms with Gasteiger partial charge in [0, 0.05) is 30.0 Å². The molecule has 3 rings (SSSR count). The molecular formula is C16H15BrN2O4S. The van der Waals surface area contributed by atoms with Gasteiger partial charge in [0.05, 0.1) is 17.6 Å². The molecule has 8 heteroatoms. The Balaban J connectivity index is 1.69. The topological polar surface area (TPSA) is 76.6 Å². The quantitative estimate of drug-likeness (QED) is 0.771. The van der Waals surface area contributed by atoms with E-state index < -0.39 is 15.1 Å². The summed E-state index contributed by atoms with van der Waals surface area (Å²) >= 11 is 3.27. The van der Waals surface area contributed by atoms with Crippen molar-refractivity contribution in [3.05, 3.63) is 52.8 Å². The lowest BCUT2D eigenvalue weighted by molar-refractivity contribution is 0.0658. The van der Waals surface area contributed by atoms with Crippen LogP contribution in [0.5, 0.6) is 5.75 Å². The first-order valence-corrected chi connectivity index (χ1v) is 9.53. The van der Waals surface area contributed by atoms with Crippen molar-refractivity contribution >= 4 is 31.7 Å². The number of halogens is 1. The van der Waals surface area contributed by atoms with Gasteiger partial charge >= 0.3 is 0 Å². The maximum absolute atomic E-state index is 12.6. The summed E-state index contributed by atoms with van der Waals surface area (Å²) in [5, 5.41) is -0.588. The number of pyridine rings is 1. The van der Waals surface area contributed by atoms with Crippen molar-refractivity contribution in [2.45, 2.75) is 10.1 Å².